The summed E-state index contributed by atoms with van der Waals surface area (Å²) in [6, 6.07) is 21.9. The highest BCUT2D eigenvalue weighted by molar-refractivity contribution is 14.1. The summed E-state index contributed by atoms with van der Waals surface area (Å²) in [6.07, 6.45) is 2.39. The summed E-state index contributed by atoms with van der Waals surface area (Å²) in [6.45, 7) is 1.74. The van der Waals surface area contributed by atoms with Crippen molar-refractivity contribution in [3.8, 4) is 5.75 Å². The van der Waals surface area contributed by atoms with E-state index >= 15 is 0 Å². The van der Waals surface area contributed by atoms with Gasteiger partial charge in [0.15, 0.2) is 0 Å². The van der Waals surface area contributed by atoms with Gasteiger partial charge < -0.3 is 5.11 Å². The second-order valence-corrected chi connectivity index (χ2v) is 14.6. The van der Waals surface area contributed by atoms with Crippen molar-refractivity contribution < 1.29 is 28.7 Å². The Hall–Kier alpha value is -4.09. The van der Waals surface area contributed by atoms with Gasteiger partial charge in [0.1, 0.15) is 11.6 Å². The highest BCUT2D eigenvalue weighted by Crippen LogP contribution is 2.64. The maximum atomic E-state index is 14.6. The summed E-state index contributed by atoms with van der Waals surface area (Å²) < 4.78 is 15.1. The van der Waals surface area contributed by atoms with Gasteiger partial charge in [-0.1, -0.05) is 59.6 Å². The molecule has 10 heteroatoms. The second kappa shape index (κ2) is 10.7. The van der Waals surface area contributed by atoms with E-state index in [1.807, 2.05) is 42.5 Å². The van der Waals surface area contributed by atoms with Gasteiger partial charge in [0, 0.05) is 20.4 Å². The molecule has 4 aromatic rings. The van der Waals surface area contributed by atoms with Gasteiger partial charge in [-0.25, -0.2) is 9.29 Å². The number of aromatic hydroxyl groups is 1. The molecule has 236 valence electrons. The number of amides is 4. The summed E-state index contributed by atoms with van der Waals surface area (Å²) in [5.41, 5.74) is 0.509. The van der Waals surface area contributed by atoms with E-state index in [2.05, 4.69) is 22.6 Å². The van der Waals surface area contributed by atoms with Gasteiger partial charge in [0.25, 0.3) is 0 Å². The molecule has 1 saturated carbocycles. The highest BCUT2D eigenvalue weighted by atomic mass is 127. The first kappa shape index (κ1) is 30.3. The standard InChI is InChI=1S/C37H27ClFIN2O5/c1-37-27(34(45)42(36(37)47)21-11-15-29(39)28(38)16-21)17-26-23(31(37)25-12-6-18-4-2-3-5-22(18)32(25)43)13-14-24-30(26)35(46)41(33(24)44)20-9-7-19(40)8-10-20/h2-13,15-16,24,26-27,30-31,43H,14,17H2,1H3. The van der Waals surface area contributed by atoms with Crippen LogP contribution in [0.4, 0.5) is 15.8 Å². The maximum absolute atomic E-state index is 14.6. The lowest BCUT2D eigenvalue weighted by atomic mass is 9.51. The SMILES string of the molecule is CC12C(=O)N(c3ccc(F)c(Cl)c3)C(=O)C1CC1C(=CCC3C(=O)N(c4ccc(I)cc4)C(=O)C31)C2c1ccc2ccccc2c1O. The molecule has 0 spiro atoms. The van der Waals surface area contributed by atoms with Crippen LogP contribution < -0.4 is 9.80 Å². The van der Waals surface area contributed by atoms with Gasteiger partial charge in [0.2, 0.25) is 23.6 Å². The van der Waals surface area contributed by atoms with E-state index in [0.29, 0.717) is 16.6 Å². The molecule has 0 bridgehead atoms. The molecule has 4 amide bonds. The quantitative estimate of drug-likeness (QED) is 0.134. The van der Waals surface area contributed by atoms with Crippen LogP contribution in [0.3, 0.4) is 0 Å². The monoisotopic (exact) mass is 760 g/mol. The number of carbonyl (C=O) groups is 4. The maximum Gasteiger partial charge on any atom is 0.241 e. The summed E-state index contributed by atoms with van der Waals surface area (Å²) >= 11 is 8.26. The van der Waals surface area contributed by atoms with Crippen LogP contribution in [0.25, 0.3) is 10.8 Å². The fourth-order valence-corrected chi connectivity index (χ4v) is 9.11. The van der Waals surface area contributed by atoms with Crippen molar-refractivity contribution in [1.29, 1.82) is 0 Å². The van der Waals surface area contributed by atoms with Crippen molar-refractivity contribution in [1.82, 2.24) is 0 Å². The number of rotatable bonds is 3. The number of benzene rings is 4. The third kappa shape index (κ3) is 4.21. The molecule has 2 saturated heterocycles. The fourth-order valence-electron chi connectivity index (χ4n) is 8.58. The predicted molar refractivity (Wildman–Crippen MR) is 183 cm³/mol. The molecule has 47 heavy (non-hydrogen) atoms. The summed E-state index contributed by atoms with van der Waals surface area (Å²) in [5.74, 6) is -5.87. The number of imide groups is 2. The Balaban J connectivity index is 1.30. The van der Waals surface area contributed by atoms with E-state index in [9.17, 15) is 28.7 Å². The average Bonchev–Trinajstić information content (AvgIpc) is 3.43. The molecule has 2 aliphatic carbocycles. The number of anilines is 2. The Labute approximate surface area is 288 Å². The molecule has 1 N–H and O–H groups in total. The number of fused-ring (bicyclic) bond motifs is 5. The normalized spacial score (nSPS) is 28.4. The lowest BCUT2D eigenvalue weighted by molar-refractivity contribution is -0.131. The molecule has 3 fully saturated rings. The zero-order valence-corrected chi connectivity index (χ0v) is 27.9. The van der Waals surface area contributed by atoms with E-state index in [-0.39, 0.29) is 41.1 Å². The number of hydrogen-bond donors (Lipinski definition) is 1. The van der Waals surface area contributed by atoms with Crippen LogP contribution in [0.1, 0.15) is 31.2 Å². The van der Waals surface area contributed by atoms with E-state index in [1.165, 1.54) is 17.0 Å². The molecule has 6 atom stereocenters. The Kier molecular flexibility index (Phi) is 6.90. The molecule has 7 nitrogen and oxygen atoms in total. The fraction of sp³-hybridized carbons (Fsp3) is 0.243. The number of halogens is 3. The Bertz CT molecular complexity index is 2100. The van der Waals surface area contributed by atoms with Gasteiger partial charge in [-0.3, -0.25) is 24.1 Å². The average molecular weight is 761 g/mol. The van der Waals surface area contributed by atoms with Crippen molar-refractivity contribution in [3.63, 3.8) is 0 Å². The number of nitrogens with zero attached hydrogens (tertiary/aromatic N) is 2. The molecule has 4 aliphatic rings. The zero-order chi connectivity index (χ0) is 32.9. The lowest BCUT2D eigenvalue weighted by Gasteiger charge is -2.49. The van der Waals surface area contributed by atoms with Gasteiger partial charge in [-0.15, -0.1) is 0 Å². The third-order valence-corrected chi connectivity index (χ3v) is 11.8. The van der Waals surface area contributed by atoms with Crippen LogP contribution in [-0.4, -0.2) is 28.7 Å². The van der Waals surface area contributed by atoms with Gasteiger partial charge in [-0.05, 0) is 96.1 Å². The Morgan fingerprint density at radius 2 is 1.60 bits per heavy atom. The molecule has 4 aromatic carbocycles. The number of allylic oxidation sites excluding steroid dienone is 2. The molecule has 6 unspecified atom stereocenters. The van der Waals surface area contributed by atoms with E-state index in [0.717, 1.165) is 25.5 Å². The predicted octanol–water partition coefficient (Wildman–Crippen LogP) is 7.38. The summed E-state index contributed by atoms with van der Waals surface area (Å²) in [7, 11) is 0. The Morgan fingerprint density at radius 1 is 0.872 bits per heavy atom. The molecular formula is C37H27ClFIN2O5. The number of hydrogen-bond acceptors (Lipinski definition) is 5. The van der Waals surface area contributed by atoms with Crippen molar-refractivity contribution >= 4 is 80.0 Å². The van der Waals surface area contributed by atoms with E-state index in [1.54, 1.807) is 31.2 Å². The first-order valence-electron chi connectivity index (χ1n) is 15.4. The smallest absolute Gasteiger partial charge is 0.241 e. The number of carbonyl (C=O) groups excluding carboxylic acids is 4. The summed E-state index contributed by atoms with van der Waals surface area (Å²) in [5, 5.41) is 13.0. The van der Waals surface area contributed by atoms with Crippen LogP contribution in [0.2, 0.25) is 5.02 Å². The lowest BCUT2D eigenvalue weighted by Crippen LogP contribution is -2.48. The Morgan fingerprint density at radius 3 is 2.34 bits per heavy atom. The number of phenolic OH excluding ortho intramolecular Hbond substituents is 1. The van der Waals surface area contributed by atoms with Crippen LogP contribution in [-0.2, 0) is 19.2 Å². The molecule has 0 aromatic heterocycles. The van der Waals surface area contributed by atoms with Crippen LogP contribution >= 0.6 is 34.2 Å². The first-order valence-corrected chi connectivity index (χ1v) is 16.9. The molecule has 2 aliphatic heterocycles. The number of phenols is 1. The minimum absolute atomic E-state index is 0.00499. The van der Waals surface area contributed by atoms with Crippen LogP contribution in [0, 0.1) is 38.5 Å². The van der Waals surface area contributed by atoms with Crippen molar-refractivity contribution in [3.05, 3.63) is 110 Å². The van der Waals surface area contributed by atoms with E-state index < -0.39 is 52.6 Å². The second-order valence-electron chi connectivity index (χ2n) is 13.0. The molecule has 0 radical (unpaired) electrons. The van der Waals surface area contributed by atoms with Crippen LogP contribution in [0.5, 0.6) is 5.75 Å². The molecular weight excluding hydrogens is 734 g/mol. The van der Waals surface area contributed by atoms with Crippen molar-refractivity contribution in [2.24, 2.45) is 29.1 Å². The van der Waals surface area contributed by atoms with Gasteiger partial charge in [0.05, 0.1) is 39.6 Å². The van der Waals surface area contributed by atoms with Crippen molar-refractivity contribution in [2.75, 3.05) is 9.80 Å². The minimum Gasteiger partial charge on any atom is -0.507 e. The largest absolute Gasteiger partial charge is 0.507 e. The van der Waals surface area contributed by atoms with Gasteiger partial charge in [-0.2, -0.15) is 0 Å². The summed E-state index contributed by atoms with van der Waals surface area (Å²) in [4.78, 5) is 59.4. The topological polar surface area (TPSA) is 95.0 Å². The van der Waals surface area contributed by atoms with Crippen LogP contribution in [0.15, 0.2) is 90.5 Å². The first-order chi connectivity index (χ1) is 22.5. The third-order valence-electron chi connectivity index (χ3n) is 10.8. The van der Waals surface area contributed by atoms with Gasteiger partial charge >= 0.3 is 0 Å². The molecule has 8 rings (SSSR count). The molecule has 2 heterocycles. The zero-order valence-electron chi connectivity index (χ0n) is 25.0. The van der Waals surface area contributed by atoms with Crippen molar-refractivity contribution in [2.45, 2.75) is 25.7 Å². The minimum atomic E-state index is -1.37. The van der Waals surface area contributed by atoms with E-state index in [4.69, 9.17) is 11.6 Å². The highest BCUT2D eigenvalue weighted by Gasteiger charge is 2.68.